The van der Waals surface area contributed by atoms with Gasteiger partial charge in [-0.25, -0.2) is 0 Å². The zero-order valence-electron chi connectivity index (χ0n) is 13.4. The third-order valence-corrected chi connectivity index (χ3v) is 5.39. The third kappa shape index (κ3) is 2.44. The second kappa shape index (κ2) is 4.82. The number of rotatable bonds is 5. The van der Waals surface area contributed by atoms with E-state index in [0.717, 1.165) is 18.4 Å². The van der Waals surface area contributed by atoms with Crippen LogP contribution in [0.1, 0.15) is 40.5 Å². The van der Waals surface area contributed by atoms with Crippen molar-refractivity contribution in [2.45, 2.75) is 57.8 Å². The van der Waals surface area contributed by atoms with Crippen LogP contribution in [-0.2, 0) is 14.2 Å². The van der Waals surface area contributed by atoms with Crippen molar-refractivity contribution in [1.29, 1.82) is 0 Å². The minimum Gasteiger partial charge on any atom is -0.381 e. The summed E-state index contributed by atoms with van der Waals surface area (Å²) >= 11 is 0. The molecular weight excluding hydrogens is 252 g/mol. The fraction of sp³-hybridized carbons (Fsp3) is 0.882. The van der Waals surface area contributed by atoms with Gasteiger partial charge in [-0.3, -0.25) is 0 Å². The molecule has 0 bridgehead atoms. The van der Waals surface area contributed by atoms with Gasteiger partial charge in [0.15, 0.2) is 0 Å². The maximum atomic E-state index is 6.22. The van der Waals surface area contributed by atoms with Crippen molar-refractivity contribution in [2.24, 2.45) is 17.8 Å². The summed E-state index contributed by atoms with van der Waals surface area (Å²) in [4.78, 5) is 0. The van der Waals surface area contributed by atoms with Crippen molar-refractivity contribution in [3.8, 4) is 0 Å². The van der Waals surface area contributed by atoms with Gasteiger partial charge in [-0.1, -0.05) is 11.6 Å². The lowest BCUT2D eigenvalue weighted by atomic mass is 9.69. The molecule has 1 spiro atoms. The Morgan fingerprint density at radius 2 is 2.10 bits per heavy atom. The van der Waals surface area contributed by atoms with Crippen LogP contribution in [0.2, 0.25) is 0 Å². The molecule has 1 saturated heterocycles. The molecule has 2 aliphatic carbocycles. The maximum Gasteiger partial charge on any atom is 0.0999 e. The maximum absolute atomic E-state index is 6.22. The molecule has 114 valence electrons. The van der Waals surface area contributed by atoms with Gasteiger partial charge < -0.3 is 14.2 Å². The first-order valence-corrected chi connectivity index (χ1v) is 7.84. The van der Waals surface area contributed by atoms with Crippen LogP contribution < -0.4 is 0 Å². The summed E-state index contributed by atoms with van der Waals surface area (Å²) in [7, 11) is 1.85. The van der Waals surface area contributed by atoms with E-state index in [1.807, 2.05) is 7.11 Å². The van der Waals surface area contributed by atoms with Gasteiger partial charge >= 0.3 is 0 Å². The first-order valence-electron chi connectivity index (χ1n) is 7.84. The molecule has 20 heavy (non-hydrogen) atoms. The molecule has 0 amide bonds. The molecular formula is C17H28O3. The summed E-state index contributed by atoms with van der Waals surface area (Å²) in [5.41, 5.74) is 1.12. The number of hydrogen-bond donors (Lipinski definition) is 0. The summed E-state index contributed by atoms with van der Waals surface area (Å²) in [5, 5.41) is 0. The molecule has 3 nitrogen and oxygen atoms in total. The molecule has 0 aromatic rings. The summed E-state index contributed by atoms with van der Waals surface area (Å²) in [6, 6.07) is 0. The Morgan fingerprint density at radius 3 is 2.65 bits per heavy atom. The number of methoxy groups -OCH3 is 1. The Morgan fingerprint density at radius 1 is 1.40 bits per heavy atom. The van der Waals surface area contributed by atoms with Gasteiger partial charge in [0, 0.05) is 13.0 Å². The molecule has 2 saturated carbocycles. The van der Waals surface area contributed by atoms with Crippen molar-refractivity contribution in [3.63, 3.8) is 0 Å². The van der Waals surface area contributed by atoms with Crippen LogP contribution in [0.3, 0.4) is 0 Å². The zero-order chi connectivity index (χ0) is 14.5. The topological polar surface area (TPSA) is 31.0 Å². The van der Waals surface area contributed by atoms with Gasteiger partial charge in [0.1, 0.15) is 0 Å². The van der Waals surface area contributed by atoms with E-state index in [0.29, 0.717) is 12.5 Å². The minimum atomic E-state index is -0.212. The Balaban J connectivity index is 1.76. The van der Waals surface area contributed by atoms with Crippen LogP contribution in [-0.4, -0.2) is 37.6 Å². The number of epoxide rings is 1. The molecule has 4 unspecified atom stereocenters. The monoisotopic (exact) mass is 280 g/mol. The SMILES string of the molecule is COC1C2CC2C[C@]2(CO2)C1C(C)(C)OCC=C(C)C. The zero-order valence-corrected chi connectivity index (χ0v) is 13.4. The van der Waals surface area contributed by atoms with Gasteiger partial charge in [-0.15, -0.1) is 0 Å². The van der Waals surface area contributed by atoms with Crippen LogP contribution in [0.5, 0.6) is 0 Å². The predicted octanol–water partition coefficient (Wildman–Crippen LogP) is 3.19. The van der Waals surface area contributed by atoms with Gasteiger partial charge in [0.2, 0.25) is 0 Å². The number of hydrogen-bond acceptors (Lipinski definition) is 3. The van der Waals surface area contributed by atoms with Crippen molar-refractivity contribution in [3.05, 3.63) is 11.6 Å². The molecule has 0 N–H and O–H groups in total. The molecule has 3 rings (SSSR count). The molecule has 0 aromatic carbocycles. The first kappa shape index (κ1) is 14.6. The van der Waals surface area contributed by atoms with E-state index in [4.69, 9.17) is 14.2 Å². The molecule has 3 aliphatic rings. The van der Waals surface area contributed by atoms with E-state index in [2.05, 4.69) is 33.8 Å². The average molecular weight is 280 g/mol. The fourth-order valence-electron chi connectivity index (χ4n) is 4.27. The minimum absolute atomic E-state index is 0.0345. The van der Waals surface area contributed by atoms with Gasteiger partial charge in [-0.05, 0) is 52.4 Å². The quantitative estimate of drug-likeness (QED) is 0.572. The van der Waals surface area contributed by atoms with Crippen LogP contribution in [0.15, 0.2) is 11.6 Å². The molecule has 5 atom stereocenters. The van der Waals surface area contributed by atoms with Gasteiger partial charge in [-0.2, -0.15) is 0 Å². The second-order valence-electron chi connectivity index (χ2n) is 7.59. The average Bonchev–Trinajstić information content (AvgIpc) is 3.25. The molecule has 1 heterocycles. The highest BCUT2D eigenvalue weighted by Gasteiger charge is 2.69. The van der Waals surface area contributed by atoms with Gasteiger partial charge in [0.25, 0.3) is 0 Å². The van der Waals surface area contributed by atoms with Crippen LogP contribution in [0, 0.1) is 17.8 Å². The number of allylic oxidation sites excluding steroid dienone is 1. The lowest BCUT2D eigenvalue weighted by Gasteiger charge is -2.44. The molecule has 0 aromatic heterocycles. The van der Waals surface area contributed by atoms with E-state index in [-0.39, 0.29) is 17.3 Å². The van der Waals surface area contributed by atoms with Crippen LogP contribution >= 0.6 is 0 Å². The Kier molecular flexibility index (Phi) is 3.51. The van der Waals surface area contributed by atoms with E-state index >= 15 is 0 Å². The van der Waals surface area contributed by atoms with Crippen molar-refractivity contribution in [2.75, 3.05) is 20.3 Å². The third-order valence-electron chi connectivity index (χ3n) is 5.39. The molecule has 1 aliphatic heterocycles. The Labute approximate surface area is 122 Å². The summed E-state index contributed by atoms with van der Waals surface area (Å²) in [6.45, 7) is 10.2. The standard InChI is InChI=1S/C17H28O3/c1-11(2)6-7-19-16(3,4)15-14(18-5)13-8-12(13)9-17(15)10-20-17/h6,12-15H,7-10H2,1-5H3/t12?,13?,14?,15?,17-/m0/s1. The normalized spacial score (nSPS) is 42.2. The van der Waals surface area contributed by atoms with Crippen molar-refractivity contribution < 1.29 is 14.2 Å². The number of fused-ring (bicyclic) bond motifs is 1. The second-order valence-corrected chi connectivity index (χ2v) is 7.59. The number of ether oxygens (including phenoxy) is 3. The highest BCUT2D eigenvalue weighted by atomic mass is 16.6. The lowest BCUT2D eigenvalue weighted by molar-refractivity contribution is -0.142. The summed E-state index contributed by atoms with van der Waals surface area (Å²) in [5.74, 6) is 1.90. The van der Waals surface area contributed by atoms with E-state index in [1.165, 1.54) is 18.4 Å². The van der Waals surface area contributed by atoms with Crippen LogP contribution in [0.4, 0.5) is 0 Å². The van der Waals surface area contributed by atoms with Gasteiger partial charge in [0.05, 0.1) is 30.5 Å². The molecule has 3 heteroatoms. The van der Waals surface area contributed by atoms with E-state index in [1.54, 1.807) is 0 Å². The van der Waals surface area contributed by atoms with E-state index in [9.17, 15) is 0 Å². The van der Waals surface area contributed by atoms with E-state index < -0.39 is 0 Å². The Bertz CT molecular complexity index is 404. The summed E-state index contributed by atoms with van der Waals surface area (Å²) < 4.78 is 18.0. The highest BCUT2D eigenvalue weighted by molar-refractivity contribution is 5.18. The summed E-state index contributed by atoms with van der Waals surface area (Å²) in [6.07, 6.45) is 4.95. The van der Waals surface area contributed by atoms with Crippen LogP contribution in [0.25, 0.3) is 0 Å². The van der Waals surface area contributed by atoms with Crippen molar-refractivity contribution in [1.82, 2.24) is 0 Å². The first-order chi connectivity index (χ1) is 9.39. The largest absolute Gasteiger partial charge is 0.381 e. The predicted molar refractivity (Wildman–Crippen MR) is 78.6 cm³/mol. The smallest absolute Gasteiger partial charge is 0.0999 e. The lowest BCUT2D eigenvalue weighted by Crippen LogP contribution is -2.54. The molecule has 0 radical (unpaired) electrons. The Hall–Kier alpha value is -0.380. The highest BCUT2D eigenvalue weighted by Crippen LogP contribution is 2.63. The fourth-order valence-corrected chi connectivity index (χ4v) is 4.27. The molecule has 3 fully saturated rings. The van der Waals surface area contributed by atoms with Crippen molar-refractivity contribution >= 4 is 0 Å².